The van der Waals surface area contributed by atoms with Crippen LogP contribution in [0.5, 0.6) is 0 Å². The molecule has 0 radical (unpaired) electrons. The van der Waals surface area contributed by atoms with Crippen LogP contribution in [-0.4, -0.2) is 20.8 Å². The van der Waals surface area contributed by atoms with E-state index in [1.807, 2.05) is 37.3 Å². The number of aromatic nitrogens is 2. The lowest BCUT2D eigenvalue weighted by Gasteiger charge is -2.17. The molecule has 21 heavy (non-hydrogen) atoms. The van der Waals surface area contributed by atoms with Crippen LogP contribution in [0, 0.1) is 0 Å². The molecule has 2 rings (SSSR count). The van der Waals surface area contributed by atoms with E-state index >= 15 is 0 Å². The van der Waals surface area contributed by atoms with Crippen LogP contribution in [0.15, 0.2) is 42.6 Å². The molecule has 6 nitrogen and oxygen atoms in total. The number of nitrogens with one attached hydrogen (secondary N) is 3. The third-order valence-corrected chi connectivity index (χ3v) is 3.21. The Morgan fingerprint density at radius 1 is 1.24 bits per heavy atom. The van der Waals surface area contributed by atoms with Gasteiger partial charge in [0.25, 0.3) is 5.91 Å². The third-order valence-electron chi connectivity index (χ3n) is 2.99. The van der Waals surface area contributed by atoms with Gasteiger partial charge in [0.05, 0.1) is 6.04 Å². The first-order chi connectivity index (χ1) is 10.1. The monoisotopic (exact) mass is 303 g/mol. The summed E-state index contributed by atoms with van der Waals surface area (Å²) in [5.41, 5.74) is 6.76. The van der Waals surface area contributed by atoms with Crippen LogP contribution in [-0.2, 0) is 7.05 Å². The fourth-order valence-electron chi connectivity index (χ4n) is 1.83. The first-order valence-electron chi connectivity index (χ1n) is 6.47. The number of nitrogens with zero attached hydrogens (tertiary/aromatic N) is 2. The molecular weight excluding hydrogens is 286 g/mol. The van der Waals surface area contributed by atoms with Gasteiger partial charge in [-0.15, -0.1) is 0 Å². The highest BCUT2D eigenvalue weighted by atomic mass is 32.1. The molecule has 2 aromatic rings. The zero-order valence-corrected chi connectivity index (χ0v) is 12.6. The Kier molecular flexibility index (Phi) is 4.89. The van der Waals surface area contributed by atoms with Gasteiger partial charge in [0.1, 0.15) is 5.69 Å². The molecule has 1 aromatic carbocycles. The van der Waals surface area contributed by atoms with Crippen LogP contribution >= 0.6 is 12.2 Å². The number of aryl methyl sites for hydroxylation is 1. The number of hydrogen-bond acceptors (Lipinski definition) is 3. The van der Waals surface area contributed by atoms with Gasteiger partial charge in [-0.25, -0.2) is 0 Å². The number of hydrogen-bond donors (Lipinski definition) is 3. The van der Waals surface area contributed by atoms with Gasteiger partial charge < -0.3 is 5.32 Å². The van der Waals surface area contributed by atoms with Crippen LogP contribution in [0.3, 0.4) is 0 Å². The second-order valence-electron chi connectivity index (χ2n) is 4.53. The van der Waals surface area contributed by atoms with Crippen molar-refractivity contribution < 1.29 is 4.79 Å². The summed E-state index contributed by atoms with van der Waals surface area (Å²) in [6.45, 7) is 1.99. The summed E-state index contributed by atoms with van der Waals surface area (Å²) in [6, 6.07) is 11.6. The largest absolute Gasteiger partial charge is 0.355 e. The fraction of sp³-hybridized carbons (Fsp3) is 0.214. The predicted octanol–water partition coefficient (Wildman–Crippen LogP) is 1.29. The number of benzene rings is 1. The van der Waals surface area contributed by atoms with Gasteiger partial charge in [0, 0.05) is 13.2 Å². The molecule has 3 N–H and O–H groups in total. The molecule has 110 valence electrons. The number of thiocarbonyl (C=S) groups is 1. The van der Waals surface area contributed by atoms with Gasteiger partial charge >= 0.3 is 0 Å². The zero-order valence-electron chi connectivity index (χ0n) is 11.8. The van der Waals surface area contributed by atoms with Crippen LogP contribution in [0.25, 0.3) is 0 Å². The maximum Gasteiger partial charge on any atom is 0.287 e. The molecule has 1 heterocycles. The number of amides is 1. The highest BCUT2D eigenvalue weighted by Crippen LogP contribution is 2.10. The van der Waals surface area contributed by atoms with Gasteiger partial charge in [-0.2, -0.15) is 5.10 Å². The Bertz CT molecular complexity index is 625. The van der Waals surface area contributed by atoms with Gasteiger partial charge in [-0.1, -0.05) is 30.3 Å². The Hall–Kier alpha value is -2.41. The van der Waals surface area contributed by atoms with Gasteiger partial charge in [0.15, 0.2) is 5.11 Å². The highest BCUT2D eigenvalue weighted by molar-refractivity contribution is 7.80. The van der Waals surface area contributed by atoms with E-state index in [1.165, 1.54) is 4.68 Å². The standard InChI is InChI=1S/C14H17N5OS/c1-10(11-6-4-3-5-7-11)16-14(21)18-17-13(20)12-8-9-15-19(12)2/h3-10H,1-2H3,(H,17,20)(H2,16,18,21)/t10-/m0/s1. The van der Waals surface area contributed by atoms with Crippen LogP contribution < -0.4 is 16.2 Å². The number of hydrazine groups is 1. The average Bonchev–Trinajstić information content (AvgIpc) is 2.92. The third kappa shape index (κ3) is 4.03. The summed E-state index contributed by atoms with van der Waals surface area (Å²) in [5, 5.41) is 7.38. The molecule has 1 atom stereocenters. The molecule has 0 aliphatic rings. The molecule has 0 saturated carbocycles. The van der Waals surface area contributed by atoms with Gasteiger partial charge in [-0.3, -0.25) is 20.3 Å². The summed E-state index contributed by atoms with van der Waals surface area (Å²) in [7, 11) is 1.70. The van der Waals surface area contributed by atoms with Crippen LogP contribution in [0.2, 0.25) is 0 Å². The van der Waals surface area contributed by atoms with Gasteiger partial charge in [-0.05, 0) is 30.8 Å². The van der Waals surface area contributed by atoms with Crippen LogP contribution in [0.4, 0.5) is 0 Å². The van der Waals surface area contributed by atoms with Crippen molar-refractivity contribution in [3.8, 4) is 0 Å². The predicted molar refractivity (Wildman–Crippen MR) is 84.4 cm³/mol. The van der Waals surface area contributed by atoms with Crippen molar-refractivity contribution in [3.05, 3.63) is 53.9 Å². The summed E-state index contributed by atoms with van der Waals surface area (Å²) >= 11 is 5.15. The molecular formula is C14H17N5OS. The SMILES string of the molecule is C[C@H](NC(=S)NNC(=O)c1ccnn1C)c1ccccc1. The molecule has 0 aliphatic heterocycles. The topological polar surface area (TPSA) is 71.0 Å². The van der Waals surface area contributed by atoms with Crippen molar-refractivity contribution in [2.75, 3.05) is 0 Å². The second-order valence-corrected chi connectivity index (χ2v) is 4.93. The lowest BCUT2D eigenvalue weighted by atomic mass is 10.1. The number of rotatable bonds is 3. The fourth-order valence-corrected chi connectivity index (χ4v) is 2.06. The minimum atomic E-state index is -0.300. The highest BCUT2D eigenvalue weighted by Gasteiger charge is 2.10. The van der Waals surface area contributed by atoms with E-state index in [9.17, 15) is 4.79 Å². The van der Waals surface area contributed by atoms with Crippen molar-refractivity contribution in [1.82, 2.24) is 25.9 Å². The quantitative estimate of drug-likeness (QED) is 0.589. The lowest BCUT2D eigenvalue weighted by molar-refractivity contribution is 0.0934. The van der Waals surface area contributed by atoms with Crippen molar-refractivity contribution in [2.24, 2.45) is 7.05 Å². The number of carbonyl (C=O) groups excluding carboxylic acids is 1. The molecule has 0 aliphatic carbocycles. The maximum atomic E-state index is 11.9. The Balaban J connectivity index is 1.83. The number of carbonyl (C=O) groups is 1. The summed E-state index contributed by atoms with van der Waals surface area (Å²) in [4.78, 5) is 11.9. The summed E-state index contributed by atoms with van der Waals surface area (Å²) < 4.78 is 1.49. The zero-order chi connectivity index (χ0) is 15.2. The first kappa shape index (κ1) is 15.0. The van der Waals surface area contributed by atoms with E-state index in [2.05, 4.69) is 21.3 Å². The molecule has 0 fully saturated rings. The Morgan fingerprint density at radius 2 is 1.95 bits per heavy atom. The molecule has 0 saturated heterocycles. The van der Waals surface area contributed by atoms with E-state index in [0.29, 0.717) is 10.8 Å². The molecule has 1 aromatic heterocycles. The van der Waals surface area contributed by atoms with E-state index in [4.69, 9.17) is 12.2 Å². The maximum absolute atomic E-state index is 11.9. The second kappa shape index (κ2) is 6.85. The summed E-state index contributed by atoms with van der Waals surface area (Å²) in [6.07, 6.45) is 1.56. The Labute approximate surface area is 128 Å². The van der Waals surface area contributed by atoms with Crippen molar-refractivity contribution in [3.63, 3.8) is 0 Å². The van der Waals surface area contributed by atoms with E-state index in [-0.39, 0.29) is 11.9 Å². The molecule has 0 bridgehead atoms. The summed E-state index contributed by atoms with van der Waals surface area (Å²) in [5.74, 6) is -0.300. The molecule has 0 spiro atoms. The molecule has 0 unspecified atom stereocenters. The molecule has 7 heteroatoms. The first-order valence-corrected chi connectivity index (χ1v) is 6.88. The van der Waals surface area contributed by atoms with E-state index < -0.39 is 0 Å². The smallest absolute Gasteiger partial charge is 0.287 e. The van der Waals surface area contributed by atoms with E-state index in [1.54, 1.807) is 19.3 Å². The van der Waals surface area contributed by atoms with Gasteiger partial charge in [0.2, 0.25) is 0 Å². The average molecular weight is 303 g/mol. The lowest BCUT2D eigenvalue weighted by Crippen LogP contribution is -2.47. The van der Waals surface area contributed by atoms with Crippen molar-refractivity contribution in [2.45, 2.75) is 13.0 Å². The minimum Gasteiger partial charge on any atom is -0.355 e. The minimum absolute atomic E-state index is 0.0415. The Morgan fingerprint density at radius 3 is 2.57 bits per heavy atom. The van der Waals surface area contributed by atoms with E-state index in [0.717, 1.165) is 5.56 Å². The molecule has 1 amide bonds. The van der Waals surface area contributed by atoms with Crippen molar-refractivity contribution in [1.29, 1.82) is 0 Å². The normalized spacial score (nSPS) is 11.5. The van der Waals surface area contributed by atoms with Crippen LogP contribution in [0.1, 0.15) is 29.0 Å². The van der Waals surface area contributed by atoms with Crippen molar-refractivity contribution >= 4 is 23.2 Å².